The van der Waals surface area contributed by atoms with E-state index in [0.29, 0.717) is 0 Å². The summed E-state index contributed by atoms with van der Waals surface area (Å²) in [6.07, 6.45) is 2.56. The maximum atomic E-state index is 6.12. The topological polar surface area (TPSA) is 50.3 Å². The normalized spacial score (nSPS) is 17.2. The van der Waals surface area contributed by atoms with Gasteiger partial charge in [-0.1, -0.05) is 11.6 Å². The van der Waals surface area contributed by atoms with E-state index < -0.39 is 0 Å². The molecule has 1 fully saturated rings. The molecule has 0 aliphatic carbocycles. The largest absolute Gasteiger partial charge is 0.384 e. The molecule has 0 saturated carbocycles. The maximum absolute atomic E-state index is 6.12. The number of morpholine rings is 1. The predicted molar refractivity (Wildman–Crippen MR) is 87.7 cm³/mol. The van der Waals surface area contributed by atoms with Crippen LogP contribution in [0.25, 0.3) is 11.3 Å². The van der Waals surface area contributed by atoms with Crippen molar-refractivity contribution in [3.8, 4) is 11.3 Å². The van der Waals surface area contributed by atoms with Crippen LogP contribution >= 0.6 is 11.6 Å². The molecule has 4 rings (SSSR count). The first kappa shape index (κ1) is 13.8. The number of hydrogen-bond donors (Lipinski definition) is 1. The number of aromatic nitrogens is 2. The van der Waals surface area contributed by atoms with Crippen molar-refractivity contribution < 1.29 is 4.74 Å². The molecule has 0 bridgehead atoms. The summed E-state index contributed by atoms with van der Waals surface area (Å²) in [6.45, 7) is 4.12. The van der Waals surface area contributed by atoms with Crippen molar-refractivity contribution in [2.75, 3.05) is 43.1 Å². The fourth-order valence-corrected chi connectivity index (χ4v) is 3.28. The summed E-state index contributed by atoms with van der Waals surface area (Å²) in [5.41, 5.74) is 4.35. The minimum absolute atomic E-state index is 0.733. The van der Waals surface area contributed by atoms with Crippen molar-refractivity contribution >= 4 is 23.1 Å². The van der Waals surface area contributed by atoms with E-state index in [0.717, 1.165) is 67.1 Å². The summed E-state index contributed by atoms with van der Waals surface area (Å²) < 4.78 is 5.45. The monoisotopic (exact) mass is 316 g/mol. The number of nitrogens with one attached hydrogen (secondary N) is 1. The van der Waals surface area contributed by atoms with Gasteiger partial charge < -0.3 is 15.0 Å². The van der Waals surface area contributed by atoms with Gasteiger partial charge in [-0.2, -0.15) is 0 Å². The van der Waals surface area contributed by atoms with E-state index in [-0.39, 0.29) is 0 Å². The maximum Gasteiger partial charge on any atom is 0.136 e. The highest BCUT2D eigenvalue weighted by molar-refractivity contribution is 6.31. The molecular formula is C16H17ClN4O. The average Bonchev–Trinajstić information content (AvgIpc) is 2.74. The molecule has 0 radical (unpaired) electrons. The molecule has 1 saturated heterocycles. The van der Waals surface area contributed by atoms with Crippen LogP contribution in [-0.4, -0.2) is 42.8 Å². The Labute approximate surface area is 134 Å². The molecule has 0 atom stereocenters. The van der Waals surface area contributed by atoms with Crippen LogP contribution in [0.15, 0.2) is 24.5 Å². The van der Waals surface area contributed by atoms with Crippen LogP contribution in [0.1, 0.15) is 5.56 Å². The lowest BCUT2D eigenvalue weighted by atomic mass is 10.0. The second kappa shape index (κ2) is 5.74. The van der Waals surface area contributed by atoms with Gasteiger partial charge in [-0.3, -0.25) is 0 Å². The molecule has 3 heterocycles. The van der Waals surface area contributed by atoms with Gasteiger partial charge >= 0.3 is 0 Å². The minimum atomic E-state index is 0.733. The molecule has 2 aromatic rings. The molecule has 0 unspecified atom stereocenters. The third kappa shape index (κ3) is 2.40. The number of hydrogen-bond acceptors (Lipinski definition) is 5. The molecule has 0 spiro atoms. The average molecular weight is 317 g/mol. The van der Waals surface area contributed by atoms with E-state index in [9.17, 15) is 0 Å². The Hall–Kier alpha value is -1.85. The Kier molecular flexibility index (Phi) is 3.60. The summed E-state index contributed by atoms with van der Waals surface area (Å²) in [6, 6.07) is 5.90. The Bertz CT molecular complexity index is 701. The molecule has 0 amide bonds. The van der Waals surface area contributed by atoms with Gasteiger partial charge in [0.2, 0.25) is 0 Å². The summed E-state index contributed by atoms with van der Waals surface area (Å²) >= 11 is 6.12. The van der Waals surface area contributed by atoms with Crippen LogP contribution in [0.4, 0.5) is 11.5 Å². The summed E-state index contributed by atoms with van der Waals surface area (Å²) in [7, 11) is 0. The van der Waals surface area contributed by atoms with Crippen molar-refractivity contribution in [3.63, 3.8) is 0 Å². The second-order valence-corrected chi connectivity index (χ2v) is 5.93. The molecule has 2 aliphatic heterocycles. The van der Waals surface area contributed by atoms with E-state index >= 15 is 0 Å². The van der Waals surface area contributed by atoms with Gasteiger partial charge in [-0.25, -0.2) is 9.97 Å². The Morgan fingerprint density at radius 2 is 2.05 bits per heavy atom. The fourth-order valence-electron chi connectivity index (χ4n) is 3.10. The summed E-state index contributed by atoms with van der Waals surface area (Å²) in [4.78, 5) is 11.4. The SMILES string of the molecule is Clc1ccc2c(c1)NCCc1c-2ncnc1N1CCOCC1. The predicted octanol–water partition coefficient (Wildman–Crippen LogP) is 2.60. The fraction of sp³-hybridized carbons (Fsp3) is 0.375. The molecular weight excluding hydrogens is 300 g/mol. The molecule has 114 valence electrons. The van der Waals surface area contributed by atoms with Crippen molar-refractivity contribution in [1.82, 2.24) is 9.97 Å². The molecule has 22 heavy (non-hydrogen) atoms. The Morgan fingerprint density at radius 1 is 1.18 bits per heavy atom. The summed E-state index contributed by atoms with van der Waals surface area (Å²) in [5, 5.41) is 4.18. The van der Waals surface area contributed by atoms with Crippen LogP contribution in [0.5, 0.6) is 0 Å². The lowest BCUT2D eigenvalue weighted by Crippen LogP contribution is -2.37. The minimum Gasteiger partial charge on any atom is -0.384 e. The first-order valence-corrected chi connectivity index (χ1v) is 7.91. The first-order valence-electron chi connectivity index (χ1n) is 7.53. The standard InChI is InChI=1S/C16H17ClN4O/c17-11-1-2-12-14(9-11)18-4-3-13-15(12)19-10-20-16(13)21-5-7-22-8-6-21/h1-2,9-10,18H,3-8H2. The highest BCUT2D eigenvalue weighted by Crippen LogP contribution is 2.36. The lowest BCUT2D eigenvalue weighted by Gasteiger charge is -2.29. The van der Waals surface area contributed by atoms with E-state index in [1.165, 1.54) is 5.56 Å². The van der Waals surface area contributed by atoms with Crippen molar-refractivity contribution in [1.29, 1.82) is 0 Å². The number of benzene rings is 1. The van der Waals surface area contributed by atoms with Crippen molar-refractivity contribution in [3.05, 3.63) is 35.1 Å². The number of halogens is 1. The highest BCUT2D eigenvalue weighted by atomic mass is 35.5. The van der Waals surface area contributed by atoms with Gasteiger partial charge in [0.15, 0.2) is 0 Å². The quantitative estimate of drug-likeness (QED) is 0.876. The lowest BCUT2D eigenvalue weighted by molar-refractivity contribution is 0.122. The summed E-state index contributed by atoms with van der Waals surface area (Å²) in [5.74, 6) is 1.04. The van der Waals surface area contributed by atoms with Crippen LogP contribution in [0.3, 0.4) is 0 Å². The van der Waals surface area contributed by atoms with Gasteiger partial charge in [0.05, 0.1) is 18.9 Å². The smallest absolute Gasteiger partial charge is 0.136 e. The zero-order valence-electron chi connectivity index (χ0n) is 12.2. The molecule has 1 N–H and O–H groups in total. The van der Waals surface area contributed by atoms with Crippen LogP contribution < -0.4 is 10.2 Å². The van der Waals surface area contributed by atoms with Gasteiger partial charge in [0, 0.05) is 41.5 Å². The Balaban J connectivity index is 1.83. The molecule has 1 aromatic heterocycles. The van der Waals surface area contributed by atoms with E-state index in [4.69, 9.17) is 16.3 Å². The molecule has 2 aliphatic rings. The molecule has 5 nitrogen and oxygen atoms in total. The number of anilines is 2. The van der Waals surface area contributed by atoms with Gasteiger partial charge in [0.25, 0.3) is 0 Å². The molecule has 1 aromatic carbocycles. The zero-order chi connectivity index (χ0) is 14.9. The van der Waals surface area contributed by atoms with Crippen LogP contribution in [0.2, 0.25) is 5.02 Å². The van der Waals surface area contributed by atoms with E-state index in [1.807, 2.05) is 18.2 Å². The molecule has 6 heteroatoms. The Morgan fingerprint density at radius 3 is 2.91 bits per heavy atom. The number of ether oxygens (including phenoxy) is 1. The van der Waals surface area contributed by atoms with Crippen LogP contribution in [-0.2, 0) is 11.2 Å². The third-order valence-electron chi connectivity index (χ3n) is 4.16. The number of rotatable bonds is 1. The first-order chi connectivity index (χ1) is 10.8. The zero-order valence-corrected chi connectivity index (χ0v) is 12.9. The van der Waals surface area contributed by atoms with Gasteiger partial charge in [0.1, 0.15) is 12.1 Å². The van der Waals surface area contributed by atoms with Gasteiger partial charge in [-0.05, 0) is 24.6 Å². The van der Waals surface area contributed by atoms with Crippen molar-refractivity contribution in [2.45, 2.75) is 6.42 Å². The van der Waals surface area contributed by atoms with E-state index in [2.05, 4.69) is 20.2 Å². The van der Waals surface area contributed by atoms with E-state index in [1.54, 1.807) is 6.33 Å². The third-order valence-corrected chi connectivity index (χ3v) is 4.40. The van der Waals surface area contributed by atoms with Crippen LogP contribution in [0, 0.1) is 0 Å². The second-order valence-electron chi connectivity index (χ2n) is 5.49. The van der Waals surface area contributed by atoms with Crippen molar-refractivity contribution in [2.24, 2.45) is 0 Å². The number of nitrogens with zero attached hydrogens (tertiary/aromatic N) is 3. The van der Waals surface area contributed by atoms with Gasteiger partial charge in [-0.15, -0.1) is 0 Å². The highest BCUT2D eigenvalue weighted by Gasteiger charge is 2.23. The number of fused-ring (bicyclic) bond motifs is 3.